The minimum Gasteiger partial charge on any atom is -0.477 e. The Morgan fingerprint density at radius 1 is 1.38 bits per heavy atom. The second-order valence-electron chi connectivity index (χ2n) is 5.79. The van der Waals surface area contributed by atoms with Crippen molar-refractivity contribution >= 4 is 22.9 Å². The Morgan fingerprint density at radius 2 is 2.12 bits per heavy atom. The molecule has 1 N–H and O–H groups in total. The Labute approximate surface area is 147 Å². The zero-order valence-electron chi connectivity index (χ0n) is 12.9. The van der Waals surface area contributed by atoms with Crippen LogP contribution < -0.4 is 10.1 Å². The van der Waals surface area contributed by atoms with E-state index in [1.165, 1.54) is 11.3 Å². The van der Waals surface area contributed by atoms with Crippen molar-refractivity contribution in [1.82, 2.24) is 9.55 Å². The van der Waals surface area contributed by atoms with Crippen LogP contribution in [0.4, 0.5) is 0 Å². The molecule has 0 radical (unpaired) electrons. The molecular formula is C17H15ClN3O2S+. The predicted octanol–water partition coefficient (Wildman–Crippen LogP) is 2.69. The summed E-state index contributed by atoms with van der Waals surface area (Å²) in [4.78, 5) is 18.2. The first-order chi connectivity index (χ1) is 11.6. The van der Waals surface area contributed by atoms with Crippen LogP contribution >= 0.6 is 22.9 Å². The molecule has 24 heavy (non-hydrogen) atoms. The first-order valence-electron chi connectivity index (χ1n) is 7.61. The Hall–Kier alpha value is -2.18. The maximum Gasteiger partial charge on any atom is 0.349 e. The highest BCUT2D eigenvalue weighted by molar-refractivity contribution is 7.15. The van der Waals surface area contributed by atoms with Gasteiger partial charge in [0.2, 0.25) is 0 Å². The van der Waals surface area contributed by atoms with E-state index < -0.39 is 0 Å². The lowest BCUT2D eigenvalue weighted by Crippen LogP contribution is -2.42. The van der Waals surface area contributed by atoms with E-state index in [4.69, 9.17) is 11.6 Å². The Morgan fingerprint density at radius 3 is 2.79 bits per heavy atom. The van der Waals surface area contributed by atoms with Crippen LogP contribution in [0.25, 0.3) is 11.1 Å². The van der Waals surface area contributed by atoms with E-state index in [0.717, 1.165) is 17.1 Å². The first kappa shape index (κ1) is 15.4. The number of halogens is 1. The highest BCUT2D eigenvalue weighted by atomic mass is 35.5. The number of hydrogen-bond donors (Lipinski definition) is 1. The summed E-state index contributed by atoms with van der Waals surface area (Å²) in [6, 6.07) is 9.16. The van der Waals surface area contributed by atoms with Crippen LogP contribution in [0.15, 0.2) is 41.3 Å². The highest BCUT2D eigenvalue weighted by Crippen LogP contribution is 2.35. The number of hydrogen-bond acceptors (Lipinski definition) is 4. The third kappa shape index (κ3) is 2.25. The molecule has 0 aliphatic carbocycles. The lowest BCUT2D eigenvalue weighted by atomic mass is 10.1. The molecular weight excluding hydrogens is 346 g/mol. The minimum atomic E-state index is -0.182. The summed E-state index contributed by atoms with van der Waals surface area (Å²) < 4.78 is 3.94. The third-order valence-electron chi connectivity index (χ3n) is 4.48. The molecule has 3 heterocycles. The second kappa shape index (κ2) is 5.72. The normalized spacial score (nSPS) is 16.3. The van der Waals surface area contributed by atoms with E-state index in [0.29, 0.717) is 22.0 Å². The summed E-state index contributed by atoms with van der Waals surface area (Å²) in [5.74, 6) is 0.812. The fourth-order valence-electron chi connectivity index (χ4n) is 3.33. The van der Waals surface area contributed by atoms with Gasteiger partial charge in [-0.3, -0.25) is 0 Å². The van der Waals surface area contributed by atoms with Gasteiger partial charge in [-0.05, 0) is 5.56 Å². The maximum absolute atomic E-state index is 13.2. The lowest BCUT2D eigenvalue weighted by Gasteiger charge is -2.11. The van der Waals surface area contributed by atoms with Gasteiger partial charge in [0.25, 0.3) is 11.7 Å². The number of aromatic hydroxyl groups is 1. The van der Waals surface area contributed by atoms with Crippen LogP contribution in [0.2, 0.25) is 4.47 Å². The predicted molar refractivity (Wildman–Crippen MR) is 92.6 cm³/mol. The third-order valence-corrected chi connectivity index (χ3v) is 5.69. The summed E-state index contributed by atoms with van der Waals surface area (Å²) in [6.45, 7) is 0. The van der Waals surface area contributed by atoms with Gasteiger partial charge in [0.1, 0.15) is 6.04 Å². The number of rotatable bonds is 2. The van der Waals surface area contributed by atoms with E-state index in [1.54, 1.807) is 22.4 Å². The van der Waals surface area contributed by atoms with E-state index in [-0.39, 0.29) is 17.5 Å². The monoisotopic (exact) mass is 360 g/mol. The zero-order valence-corrected chi connectivity index (χ0v) is 14.5. The van der Waals surface area contributed by atoms with Crippen molar-refractivity contribution in [1.29, 1.82) is 0 Å². The fourth-order valence-corrected chi connectivity index (χ4v) is 4.42. The van der Waals surface area contributed by atoms with Crippen LogP contribution in [-0.4, -0.2) is 14.7 Å². The molecule has 4 rings (SSSR count). The highest BCUT2D eigenvalue weighted by Gasteiger charge is 2.38. The zero-order chi connectivity index (χ0) is 16.8. The summed E-state index contributed by atoms with van der Waals surface area (Å²) in [5.41, 5.74) is 0.849. The Kier molecular flexibility index (Phi) is 3.66. The lowest BCUT2D eigenvalue weighted by molar-refractivity contribution is -0.688. The maximum atomic E-state index is 13.2. The molecule has 1 aliphatic heterocycles. The van der Waals surface area contributed by atoms with Crippen LogP contribution in [-0.2, 0) is 13.5 Å². The van der Waals surface area contributed by atoms with E-state index >= 15 is 0 Å². The van der Waals surface area contributed by atoms with Crippen LogP contribution in [0.1, 0.15) is 23.2 Å². The summed E-state index contributed by atoms with van der Waals surface area (Å²) in [7, 11) is 1.79. The number of nitrogens with zero attached hydrogens (tertiary/aromatic N) is 3. The molecule has 0 saturated heterocycles. The molecule has 1 aromatic carbocycles. The topological polar surface area (TPSA) is 59.0 Å². The Bertz CT molecular complexity index is 981. The average molecular weight is 361 g/mol. The molecule has 7 heteroatoms. The molecule has 1 aliphatic rings. The number of thiazole rings is 1. The van der Waals surface area contributed by atoms with Gasteiger partial charge < -0.3 is 5.11 Å². The van der Waals surface area contributed by atoms with Gasteiger partial charge in [-0.2, -0.15) is 4.57 Å². The number of benzene rings is 1. The molecule has 1 unspecified atom stereocenters. The molecule has 0 fully saturated rings. The fraction of sp³-hybridized carbons (Fsp3) is 0.235. The Balaban J connectivity index is 1.97. The van der Waals surface area contributed by atoms with Gasteiger partial charge >= 0.3 is 5.56 Å². The molecule has 0 spiro atoms. The standard InChI is InChI=1S/C17H14ClN3O2S/c1-20-13-8-7-11(12-9-19-17(18)24-12)21(13)16(23)14(15(20)22)10-5-3-2-4-6-10/h2-6,9,11H,7-8H2,1H3/p+1. The largest absolute Gasteiger partial charge is 0.477 e. The summed E-state index contributed by atoms with van der Waals surface area (Å²) in [6.07, 6.45) is 3.24. The van der Waals surface area contributed by atoms with Crippen molar-refractivity contribution in [2.75, 3.05) is 0 Å². The molecule has 0 amide bonds. The average Bonchev–Trinajstić information content (AvgIpc) is 3.20. The van der Waals surface area contributed by atoms with E-state index in [2.05, 4.69) is 4.98 Å². The quantitative estimate of drug-likeness (QED) is 0.715. The second-order valence-corrected chi connectivity index (χ2v) is 7.43. The number of fused-ring (bicyclic) bond motifs is 1. The van der Waals surface area contributed by atoms with E-state index in [9.17, 15) is 9.90 Å². The van der Waals surface area contributed by atoms with Crippen molar-refractivity contribution in [2.24, 2.45) is 7.05 Å². The molecule has 0 saturated carbocycles. The molecule has 5 nitrogen and oxygen atoms in total. The van der Waals surface area contributed by atoms with Gasteiger partial charge in [0.05, 0.1) is 18.3 Å². The van der Waals surface area contributed by atoms with Crippen molar-refractivity contribution in [2.45, 2.75) is 18.9 Å². The van der Waals surface area contributed by atoms with Gasteiger partial charge in [-0.1, -0.05) is 41.9 Å². The van der Waals surface area contributed by atoms with Gasteiger partial charge in [0, 0.05) is 12.6 Å². The summed E-state index contributed by atoms with van der Waals surface area (Å²) >= 11 is 7.36. The van der Waals surface area contributed by atoms with Gasteiger partial charge in [0.15, 0.2) is 10.0 Å². The minimum absolute atomic E-state index is 0.000405. The van der Waals surface area contributed by atoms with Gasteiger partial charge in [-0.15, -0.1) is 11.3 Å². The SMILES string of the molecule is C[n+]1c(O)c(-c2ccccc2)c(=O)n2c1CCC2c1cnc(Cl)s1. The molecule has 0 bridgehead atoms. The van der Waals surface area contributed by atoms with Crippen LogP contribution in [0.5, 0.6) is 5.88 Å². The molecule has 122 valence electrons. The van der Waals surface area contributed by atoms with Gasteiger partial charge in [-0.25, -0.2) is 14.3 Å². The van der Waals surface area contributed by atoms with Crippen molar-refractivity contribution in [3.63, 3.8) is 0 Å². The number of aromatic nitrogens is 3. The molecule has 2 aromatic heterocycles. The summed E-state index contributed by atoms with van der Waals surface area (Å²) in [5, 5.41) is 10.6. The van der Waals surface area contributed by atoms with Crippen molar-refractivity contribution < 1.29 is 9.67 Å². The smallest absolute Gasteiger partial charge is 0.349 e. The molecule has 3 aromatic rings. The first-order valence-corrected chi connectivity index (χ1v) is 8.80. The molecule has 1 atom stereocenters. The van der Waals surface area contributed by atoms with Crippen LogP contribution in [0, 0.1) is 0 Å². The van der Waals surface area contributed by atoms with Crippen LogP contribution in [0.3, 0.4) is 0 Å². The van der Waals surface area contributed by atoms with E-state index in [1.807, 2.05) is 30.3 Å². The van der Waals surface area contributed by atoms with Crippen molar-refractivity contribution in [3.8, 4) is 17.0 Å². The van der Waals surface area contributed by atoms with Crippen molar-refractivity contribution in [3.05, 3.63) is 62.1 Å².